The van der Waals surface area contributed by atoms with Crippen molar-refractivity contribution in [1.82, 2.24) is 20.1 Å². The molecule has 2 N–H and O–H groups in total. The predicted octanol–water partition coefficient (Wildman–Crippen LogP) is 1.44. The number of nitrogens with one attached hydrogen (secondary N) is 1. The molecule has 3 rings (SSSR count). The minimum atomic E-state index is -0.369. The van der Waals surface area contributed by atoms with Gasteiger partial charge in [-0.05, 0) is 26.7 Å². The molecule has 0 saturated heterocycles. The molecule has 0 unspecified atom stereocenters. The second-order valence-electron chi connectivity index (χ2n) is 5.55. The molecule has 7 nitrogen and oxygen atoms in total. The summed E-state index contributed by atoms with van der Waals surface area (Å²) in [5.41, 5.74) is 0.856. The number of anilines is 1. The highest BCUT2D eigenvalue weighted by Gasteiger charge is 2.36. The first-order valence-electron chi connectivity index (χ1n) is 7.13. The number of hydrogen-bond acceptors (Lipinski definition) is 7. The van der Waals surface area contributed by atoms with Crippen LogP contribution in [0, 0.1) is 19.8 Å². The fourth-order valence-corrected chi connectivity index (χ4v) is 2.81. The van der Waals surface area contributed by atoms with Gasteiger partial charge in [0.05, 0.1) is 11.8 Å². The van der Waals surface area contributed by atoms with Crippen LogP contribution in [0.25, 0.3) is 0 Å². The van der Waals surface area contributed by atoms with E-state index in [4.69, 9.17) is 4.52 Å². The third-order valence-electron chi connectivity index (χ3n) is 3.96. The second-order valence-corrected chi connectivity index (χ2v) is 5.55. The van der Waals surface area contributed by atoms with Gasteiger partial charge >= 0.3 is 0 Å². The average Bonchev–Trinajstić information content (AvgIpc) is 3.04. The molecule has 112 valence electrons. The largest absolute Gasteiger partial charge is 0.393 e. The summed E-state index contributed by atoms with van der Waals surface area (Å²) in [4.78, 5) is 12.7. The van der Waals surface area contributed by atoms with Gasteiger partial charge in [0.15, 0.2) is 5.82 Å². The van der Waals surface area contributed by atoms with E-state index in [1.165, 1.54) is 0 Å². The number of aromatic nitrogens is 4. The molecule has 0 radical (unpaired) electrons. The quantitative estimate of drug-likeness (QED) is 0.879. The van der Waals surface area contributed by atoms with Crippen LogP contribution in [-0.4, -0.2) is 37.9 Å². The van der Waals surface area contributed by atoms with Crippen LogP contribution in [0.3, 0.4) is 0 Å². The van der Waals surface area contributed by atoms with Crippen LogP contribution in [0.1, 0.15) is 36.2 Å². The van der Waals surface area contributed by atoms with E-state index in [1.54, 1.807) is 19.3 Å². The van der Waals surface area contributed by atoms with Crippen LogP contribution < -0.4 is 5.32 Å². The van der Waals surface area contributed by atoms with Crippen LogP contribution >= 0.6 is 0 Å². The lowest BCUT2D eigenvalue weighted by molar-refractivity contribution is 0.137. The average molecular weight is 289 g/mol. The van der Waals surface area contributed by atoms with E-state index < -0.39 is 0 Å². The third-order valence-corrected chi connectivity index (χ3v) is 3.96. The van der Waals surface area contributed by atoms with Crippen LogP contribution in [0.15, 0.2) is 16.9 Å². The van der Waals surface area contributed by atoms with Crippen molar-refractivity contribution < 1.29 is 9.63 Å². The number of aliphatic hydroxyl groups is 1. The SMILES string of the molecule is Cc1noc([C@H]2C[C@H](CNc3nccnc3C)[C@H](O)C2)n1. The van der Waals surface area contributed by atoms with Crippen molar-refractivity contribution in [2.45, 2.75) is 38.7 Å². The Balaban J connectivity index is 1.61. The predicted molar refractivity (Wildman–Crippen MR) is 75.8 cm³/mol. The van der Waals surface area contributed by atoms with E-state index >= 15 is 0 Å². The molecule has 1 fully saturated rings. The van der Waals surface area contributed by atoms with E-state index in [9.17, 15) is 5.11 Å². The molecule has 1 aliphatic rings. The summed E-state index contributed by atoms with van der Waals surface area (Å²) in [5.74, 6) is 2.31. The highest BCUT2D eigenvalue weighted by atomic mass is 16.5. The maximum absolute atomic E-state index is 10.2. The summed E-state index contributed by atoms with van der Waals surface area (Å²) >= 11 is 0. The number of aryl methyl sites for hydroxylation is 2. The Morgan fingerprint density at radius 3 is 2.81 bits per heavy atom. The first kappa shape index (κ1) is 13.9. The molecule has 0 aromatic carbocycles. The van der Waals surface area contributed by atoms with Crippen LogP contribution in [-0.2, 0) is 0 Å². The van der Waals surface area contributed by atoms with Gasteiger partial charge in [-0.3, -0.25) is 4.98 Å². The molecule has 1 aliphatic carbocycles. The van der Waals surface area contributed by atoms with Gasteiger partial charge in [-0.1, -0.05) is 5.16 Å². The van der Waals surface area contributed by atoms with E-state index in [2.05, 4.69) is 25.4 Å². The zero-order valence-corrected chi connectivity index (χ0v) is 12.2. The Morgan fingerprint density at radius 1 is 1.29 bits per heavy atom. The Hall–Kier alpha value is -2.02. The lowest BCUT2D eigenvalue weighted by Gasteiger charge is -2.15. The smallest absolute Gasteiger partial charge is 0.229 e. The normalized spacial score (nSPS) is 25.2. The van der Waals surface area contributed by atoms with Crippen molar-refractivity contribution in [3.8, 4) is 0 Å². The van der Waals surface area contributed by atoms with Gasteiger partial charge in [0, 0.05) is 30.8 Å². The van der Waals surface area contributed by atoms with E-state index in [0.717, 1.165) is 17.9 Å². The van der Waals surface area contributed by atoms with Crippen molar-refractivity contribution in [3.05, 3.63) is 29.8 Å². The fourth-order valence-electron chi connectivity index (χ4n) is 2.81. The van der Waals surface area contributed by atoms with Gasteiger partial charge in [-0.2, -0.15) is 4.98 Å². The number of nitrogens with zero attached hydrogens (tertiary/aromatic N) is 4. The van der Waals surface area contributed by atoms with Gasteiger partial charge in [-0.25, -0.2) is 4.98 Å². The van der Waals surface area contributed by atoms with Gasteiger partial charge in [-0.15, -0.1) is 0 Å². The van der Waals surface area contributed by atoms with Crippen molar-refractivity contribution in [1.29, 1.82) is 0 Å². The van der Waals surface area contributed by atoms with Crippen molar-refractivity contribution in [2.75, 3.05) is 11.9 Å². The van der Waals surface area contributed by atoms with Crippen molar-refractivity contribution in [3.63, 3.8) is 0 Å². The number of aliphatic hydroxyl groups excluding tert-OH is 1. The standard InChI is InChI=1S/C14H19N5O2/c1-8-13(16-4-3-15-8)17-7-11-5-10(6-12(11)20)14-18-9(2)19-21-14/h3-4,10-12,20H,5-7H2,1-2H3,(H,16,17)/t10-,11+,12+/m0/s1. The third kappa shape index (κ3) is 3.02. The lowest BCUT2D eigenvalue weighted by Crippen LogP contribution is -2.22. The minimum Gasteiger partial charge on any atom is -0.393 e. The Kier molecular flexibility index (Phi) is 3.83. The fraction of sp³-hybridized carbons (Fsp3) is 0.571. The zero-order chi connectivity index (χ0) is 14.8. The highest BCUT2D eigenvalue weighted by Crippen LogP contribution is 2.37. The molecular weight excluding hydrogens is 270 g/mol. The van der Waals surface area contributed by atoms with E-state index in [-0.39, 0.29) is 17.9 Å². The molecule has 0 amide bonds. The summed E-state index contributed by atoms with van der Waals surface area (Å²) in [5, 5.41) is 17.3. The molecule has 2 aromatic heterocycles. The summed E-state index contributed by atoms with van der Waals surface area (Å²) in [7, 11) is 0. The van der Waals surface area contributed by atoms with E-state index in [0.29, 0.717) is 24.7 Å². The molecule has 3 atom stereocenters. The van der Waals surface area contributed by atoms with Gasteiger partial charge in [0.2, 0.25) is 5.89 Å². The van der Waals surface area contributed by atoms with E-state index in [1.807, 2.05) is 6.92 Å². The van der Waals surface area contributed by atoms with Crippen LogP contribution in [0.4, 0.5) is 5.82 Å². The molecule has 2 aromatic rings. The molecule has 0 spiro atoms. The first-order chi connectivity index (χ1) is 10.1. The molecule has 2 heterocycles. The summed E-state index contributed by atoms with van der Waals surface area (Å²) in [6.07, 6.45) is 4.44. The molecule has 21 heavy (non-hydrogen) atoms. The lowest BCUT2D eigenvalue weighted by atomic mass is 10.0. The molecule has 1 saturated carbocycles. The monoisotopic (exact) mass is 289 g/mol. The van der Waals surface area contributed by atoms with Crippen molar-refractivity contribution >= 4 is 5.82 Å². The number of hydrogen-bond donors (Lipinski definition) is 2. The second kappa shape index (κ2) is 5.77. The maximum Gasteiger partial charge on any atom is 0.229 e. The first-order valence-corrected chi connectivity index (χ1v) is 7.13. The van der Waals surface area contributed by atoms with Crippen molar-refractivity contribution in [2.24, 2.45) is 5.92 Å². The van der Waals surface area contributed by atoms with Gasteiger partial charge in [0.25, 0.3) is 0 Å². The van der Waals surface area contributed by atoms with Crippen LogP contribution in [0.5, 0.6) is 0 Å². The minimum absolute atomic E-state index is 0.135. The molecule has 0 aliphatic heterocycles. The molecular formula is C14H19N5O2. The highest BCUT2D eigenvalue weighted by molar-refractivity contribution is 5.38. The Morgan fingerprint density at radius 2 is 2.10 bits per heavy atom. The maximum atomic E-state index is 10.2. The Labute approximate surface area is 122 Å². The summed E-state index contributed by atoms with van der Waals surface area (Å²) in [6.45, 7) is 4.36. The topological polar surface area (TPSA) is 97.0 Å². The molecule has 7 heteroatoms. The Bertz CT molecular complexity index is 615. The summed E-state index contributed by atoms with van der Waals surface area (Å²) in [6, 6.07) is 0. The van der Waals surface area contributed by atoms with Gasteiger partial charge < -0.3 is 14.9 Å². The summed E-state index contributed by atoms with van der Waals surface area (Å²) < 4.78 is 5.21. The van der Waals surface area contributed by atoms with Crippen LogP contribution in [0.2, 0.25) is 0 Å². The number of rotatable bonds is 4. The van der Waals surface area contributed by atoms with Gasteiger partial charge in [0.1, 0.15) is 5.82 Å². The zero-order valence-electron chi connectivity index (χ0n) is 12.2. The molecule has 0 bridgehead atoms.